The molecule has 2 aromatic rings. The van der Waals surface area contributed by atoms with Crippen molar-refractivity contribution >= 4 is 11.8 Å². The van der Waals surface area contributed by atoms with Crippen molar-refractivity contribution in [2.45, 2.75) is 68.3 Å². The molecule has 1 N–H and O–H groups in total. The van der Waals surface area contributed by atoms with Gasteiger partial charge in [0.1, 0.15) is 17.1 Å². The molecule has 6 atom stereocenters. The van der Waals surface area contributed by atoms with Gasteiger partial charge in [-0.25, -0.2) is 0 Å². The molecule has 2 aliphatic carbocycles. The fourth-order valence-electron chi connectivity index (χ4n) is 6.77. The van der Waals surface area contributed by atoms with E-state index in [1.807, 2.05) is 17.8 Å². The van der Waals surface area contributed by atoms with Crippen LogP contribution in [-0.2, 0) is 0 Å². The van der Waals surface area contributed by atoms with Crippen LogP contribution in [0.25, 0.3) is 0 Å². The van der Waals surface area contributed by atoms with Crippen molar-refractivity contribution in [1.82, 2.24) is 0 Å². The summed E-state index contributed by atoms with van der Waals surface area (Å²) in [6.07, 6.45) is 3.77. The first-order valence-corrected chi connectivity index (χ1v) is 12.5. The fraction of sp³-hybridized carbons (Fsp3) is 0.556. The number of hydrogen-bond acceptors (Lipinski definition) is 4. The molecule has 1 unspecified atom stereocenters. The number of hydrogen-bond donors (Lipinski definition) is 1. The largest absolute Gasteiger partial charge is 0.497 e. The number of fused-ring (bicyclic) bond motifs is 1. The van der Waals surface area contributed by atoms with Crippen molar-refractivity contribution in [3.8, 4) is 11.5 Å². The Balaban J connectivity index is 1.67. The predicted molar refractivity (Wildman–Crippen MR) is 126 cm³/mol. The summed E-state index contributed by atoms with van der Waals surface area (Å²) in [5.41, 5.74) is 0.872. The molecule has 31 heavy (non-hydrogen) atoms. The molecule has 3 aliphatic rings. The van der Waals surface area contributed by atoms with E-state index in [2.05, 4.69) is 63.2 Å². The second-order valence-corrected chi connectivity index (χ2v) is 11.5. The zero-order valence-electron chi connectivity index (χ0n) is 19.0. The molecule has 0 saturated heterocycles. The van der Waals surface area contributed by atoms with Crippen LogP contribution in [0.3, 0.4) is 0 Å². The fourth-order valence-corrected chi connectivity index (χ4v) is 8.33. The molecule has 166 valence electrons. The highest BCUT2D eigenvalue weighted by atomic mass is 32.2. The summed E-state index contributed by atoms with van der Waals surface area (Å²) < 4.78 is 12.7. The van der Waals surface area contributed by atoms with E-state index in [0.717, 1.165) is 30.8 Å². The first-order valence-electron chi connectivity index (χ1n) is 11.6. The smallest absolute Gasteiger partial charge is 0.124 e. The standard InChI is InChI=1S/C27H34O3S/c1-17-10-13-22-26(2,3)23(28)14-15-27(22)24(17)25(31-19-8-6-5-7-9-19)20-16-18(29-4)11-12-21(20)30-27/h5-9,11-12,16-17,22-25,28H,10,13-15H2,1-4H3/t17-,22?,23-,24+,25+,27+/m0/s1. The first-order chi connectivity index (χ1) is 14.9. The van der Waals surface area contributed by atoms with Gasteiger partial charge in [0.25, 0.3) is 0 Å². The van der Waals surface area contributed by atoms with Gasteiger partial charge in [-0.3, -0.25) is 0 Å². The molecule has 2 saturated carbocycles. The molecule has 1 spiro atoms. The highest BCUT2D eigenvalue weighted by molar-refractivity contribution is 7.99. The lowest BCUT2D eigenvalue weighted by molar-refractivity contribution is -0.198. The minimum Gasteiger partial charge on any atom is -0.497 e. The second kappa shape index (κ2) is 7.74. The molecule has 1 heterocycles. The van der Waals surface area contributed by atoms with E-state index in [4.69, 9.17) is 9.47 Å². The van der Waals surface area contributed by atoms with Crippen molar-refractivity contribution < 1.29 is 14.6 Å². The van der Waals surface area contributed by atoms with Crippen LogP contribution in [0.2, 0.25) is 0 Å². The maximum absolute atomic E-state index is 10.9. The van der Waals surface area contributed by atoms with Gasteiger partial charge >= 0.3 is 0 Å². The molecule has 0 bridgehead atoms. The van der Waals surface area contributed by atoms with Crippen molar-refractivity contribution in [3.63, 3.8) is 0 Å². The molecule has 4 heteroatoms. The van der Waals surface area contributed by atoms with Gasteiger partial charge in [-0.2, -0.15) is 0 Å². The van der Waals surface area contributed by atoms with Crippen molar-refractivity contribution in [1.29, 1.82) is 0 Å². The zero-order valence-corrected chi connectivity index (χ0v) is 19.8. The quantitative estimate of drug-likeness (QED) is 0.593. The lowest BCUT2D eigenvalue weighted by Crippen LogP contribution is -2.66. The lowest BCUT2D eigenvalue weighted by Gasteiger charge is -2.63. The number of ether oxygens (including phenoxy) is 2. The maximum Gasteiger partial charge on any atom is 0.124 e. The summed E-state index contributed by atoms with van der Waals surface area (Å²) in [5, 5.41) is 11.2. The Morgan fingerprint density at radius 2 is 1.84 bits per heavy atom. The Kier molecular flexibility index (Phi) is 5.29. The Morgan fingerprint density at radius 3 is 2.58 bits per heavy atom. The van der Waals surface area contributed by atoms with Crippen LogP contribution in [0.4, 0.5) is 0 Å². The van der Waals surface area contributed by atoms with Gasteiger partial charge in [0.05, 0.1) is 13.2 Å². The van der Waals surface area contributed by atoms with Crippen LogP contribution in [0, 0.1) is 23.2 Å². The van der Waals surface area contributed by atoms with E-state index < -0.39 is 0 Å². The molecule has 0 amide bonds. The summed E-state index contributed by atoms with van der Waals surface area (Å²) in [7, 11) is 1.73. The minimum absolute atomic E-state index is 0.150. The van der Waals surface area contributed by atoms with Crippen LogP contribution in [0.5, 0.6) is 11.5 Å². The molecule has 0 aromatic heterocycles. The third-order valence-corrected chi connectivity index (χ3v) is 9.74. The van der Waals surface area contributed by atoms with Gasteiger partial charge in [-0.05, 0) is 67.3 Å². The van der Waals surface area contributed by atoms with Gasteiger partial charge in [0, 0.05) is 27.5 Å². The summed E-state index contributed by atoms with van der Waals surface area (Å²) >= 11 is 1.97. The first kappa shape index (κ1) is 21.2. The third-order valence-electron chi connectivity index (χ3n) is 8.40. The van der Waals surface area contributed by atoms with Crippen LogP contribution >= 0.6 is 11.8 Å². The van der Waals surface area contributed by atoms with E-state index >= 15 is 0 Å². The van der Waals surface area contributed by atoms with Crippen molar-refractivity contribution in [2.24, 2.45) is 23.2 Å². The number of methoxy groups -OCH3 is 1. The Hall–Kier alpha value is -1.65. The number of aliphatic hydroxyl groups excluding tert-OH is 1. The van der Waals surface area contributed by atoms with Gasteiger partial charge in [-0.15, -0.1) is 11.8 Å². The van der Waals surface area contributed by atoms with E-state index in [9.17, 15) is 5.11 Å². The molecule has 5 rings (SSSR count). The topological polar surface area (TPSA) is 38.7 Å². The number of thioether (sulfide) groups is 1. The van der Waals surface area contributed by atoms with Crippen LogP contribution < -0.4 is 9.47 Å². The van der Waals surface area contributed by atoms with Gasteiger partial charge in [0.15, 0.2) is 0 Å². The normalized spacial score (nSPS) is 35.8. The second-order valence-electron chi connectivity index (χ2n) is 10.3. The molecular formula is C27H34O3S. The maximum atomic E-state index is 10.9. The molecule has 2 aromatic carbocycles. The predicted octanol–water partition coefficient (Wildman–Crippen LogP) is 6.50. The van der Waals surface area contributed by atoms with Gasteiger partial charge in [-0.1, -0.05) is 39.0 Å². The van der Waals surface area contributed by atoms with Crippen LogP contribution in [0.1, 0.15) is 57.3 Å². The van der Waals surface area contributed by atoms with E-state index in [-0.39, 0.29) is 17.1 Å². The Bertz CT molecular complexity index is 943. The lowest BCUT2D eigenvalue weighted by atomic mass is 9.49. The highest BCUT2D eigenvalue weighted by Crippen LogP contribution is 2.66. The van der Waals surface area contributed by atoms with Gasteiger partial charge < -0.3 is 14.6 Å². The molecule has 0 radical (unpaired) electrons. The average molecular weight is 439 g/mol. The SMILES string of the molecule is COc1ccc2c(c1)[C@@H](Sc1ccccc1)[C@H]1[C@@H](C)CCC3C(C)(C)[C@@H](O)CC[C@@]31O2. The Labute approximate surface area is 190 Å². The van der Waals surface area contributed by atoms with E-state index in [1.165, 1.54) is 16.9 Å². The number of rotatable bonds is 3. The third kappa shape index (κ3) is 3.29. The van der Waals surface area contributed by atoms with Crippen molar-refractivity contribution in [3.05, 3.63) is 54.1 Å². The molecular weight excluding hydrogens is 404 g/mol. The average Bonchev–Trinajstić information content (AvgIpc) is 2.77. The molecule has 3 nitrogen and oxygen atoms in total. The Morgan fingerprint density at radius 1 is 1.06 bits per heavy atom. The molecule has 1 aliphatic heterocycles. The van der Waals surface area contributed by atoms with Crippen molar-refractivity contribution in [2.75, 3.05) is 7.11 Å². The molecule has 2 fully saturated rings. The van der Waals surface area contributed by atoms with Gasteiger partial charge in [0.2, 0.25) is 0 Å². The summed E-state index contributed by atoms with van der Waals surface area (Å²) in [6.45, 7) is 6.92. The summed E-state index contributed by atoms with van der Waals surface area (Å²) in [4.78, 5) is 1.29. The number of aliphatic hydroxyl groups is 1. The summed E-state index contributed by atoms with van der Waals surface area (Å²) in [5.74, 6) is 3.18. The van der Waals surface area contributed by atoms with Crippen LogP contribution in [0.15, 0.2) is 53.4 Å². The monoisotopic (exact) mass is 438 g/mol. The van der Waals surface area contributed by atoms with Crippen LogP contribution in [-0.4, -0.2) is 23.9 Å². The highest BCUT2D eigenvalue weighted by Gasteiger charge is 2.64. The zero-order chi connectivity index (χ0) is 21.8. The summed E-state index contributed by atoms with van der Waals surface area (Å²) in [6, 6.07) is 17.1. The van der Waals surface area contributed by atoms with E-state index in [1.54, 1.807) is 7.11 Å². The number of benzene rings is 2. The minimum atomic E-state index is -0.265. The van der Waals surface area contributed by atoms with E-state index in [0.29, 0.717) is 23.0 Å².